The average Bonchev–Trinajstić information content (AvgIpc) is 3.60. The minimum Gasteiger partial charge on any atom is -0.322 e. The average molecular weight is 463 g/mol. The number of aromatic amines is 1. The van der Waals surface area contributed by atoms with Crippen molar-refractivity contribution >= 4 is 10.9 Å². The van der Waals surface area contributed by atoms with Crippen LogP contribution in [-0.2, 0) is 6.54 Å². The molecule has 0 aliphatic heterocycles. The van der Waals surface area contributed by atoms with E-state index < -0.39 is 0 Å². The standard InChI is InChI=1S/C27H38N6O/c1-4-9-25(26-29-30-31-33(26)23-12-7-8-13-23)32(22-10-5-6-11-22)17-21-16-20-14-18(2)19(3)15-24(20)28-27(21)34/h14-16,22-23,25H,4-13,17H2,1-3H3,(H,28,34)/t25-/m0/s1. The van der Waals surface area contributed by atoms with Gasteiger partial charge in [-0.15, -0.1) is 5.10 Å². The van der Waals surface area contributed by atoms with E-state index in [0.29, 0.717) is 18.6 Å². The molecule has 5 rings (SSSR count). The summed E-state index contributed by atoms with van der Waals surface area (Å²) in [6, 6.07) is 7.36. The van der Waals surface area contributed by atoms with Crippen LogP contribution in [0.2, 0.25) is 0 Å². The summed E-state index contributed by atoms with van der Waals surface area (Å²) >= 11 is 0. The van der Waals surface area contributed by atoms with Gasteiger partial charge in [-0.1, -0.05) is 39.0 Å². The van der Waals surface area contributed by atoms with Gasteiger partial charge in [0.2, 0.25) is 0 Å². The van der Waals surface area contributed by atoms with Gasteiger partial charge in [0, 0.05) is 23.7 Å². The molecular formula is C27H38N6O. The quantitative estimate of drug-likeness (QED) is 0.476. The zero-order chi connectivity index (χ0) is 23.7. The van der Waals surface area contributed by atoms with Crippen molar-refractivity contribution in [2.24, 2.45) is 0 Å². The zero-order valence-electron chi connectivity index (χ0n) is 20.9. The number of nitrogens with one attached hydrogen (secondary N) is 1. The van der Waals surface area contributed by atoms with Crippen molar-refractivity contribution in [1.29, 1.82) is 0 Å². The summed E-state index contributed by atoms with van der Waals surface area (Å²) in [7, 11) is 0. The van der Waals surface area contributed by atoms with Crippen LogP contribution in [0.15, 0.2) is 23.0 Å². The maximum atomic E-state index is 13.2. The van der Waals surface area contributed by atoms with Crippen molar-refractivity contribution in [2.75, 3.05) is 0 Å². The van der Waals surface area contributed by atoms with Gasteiger partial charge in [0.05, 0.1) is 12.1 Å². The number of benzene rings is 1. The summed E-state index contributed by atoms with van der Waals surface area (Å²) in [4.78, 5) is 18.9. The molecule has 2 saturated carbocycles. The van der Waals surface area contributed by atoms with Crippen LogP contribution in [0.25, 0.3) is 10.9 Å². The first-order valence-corrected chi connectivity index (χ1v) is 13.2. The largest absolute Gasteiger partial charge is 0.322 e. The fourth-order valence-electron chi connectivity index (χ4n) is 6.11. The van der Waals surface area contributed by atoms with E-state index in [0.717, 1.165) is 48.0 Å². The molecule has 0 amide bonds. The normalized spacial score (nSPS) is 18.5. The highest BCUT2D eigenvalue weighted by Crippen LogP contribution is 2.37. The van der Waals surface area contributed by atoms with Gasteiger partial charge in [0.25, 0.3) is 5.56 Å². The molecule has 2 aliphatic rings. The number of H-pyrrole nitrogens is 1. The van der Waals surface area contributed by atoms with Crippen LogP contribution < -0.4 is 5.56 Å². The Hall–Kier alpha value is -2.54. The maximum absolute atomic E-state index is 13.2. The van der Waals surface area contributed by atoms with E-state index >= 15 is 0 Å². The fourth-order valence-corrected chi connectivity index (χ4v) is 6.11. The van der Waals surface area contributed by atoms with Crippen LogP contribution in [0.5, 0.6) is 0 Å². The third-order valence-electron chi connectivity index (χ3n) is 8.13. The summed E-state index contributed by atoms with van der Waals surface area (Å²) in [5, 5.41) is 14.3. The SMILES string of the molecule is CCC[C@@H](c1nnnn1C1CCCC1)N(Cc1cc2cc(C)c(C)cc2[nH]c1=O)C1CCCC1. The molecule has 1 atom stereocenters. The number of tetrazole rings is 1. The molecule has 3 aromatic rings. The summed E-state index contributed by atoms with van der Waals surface area (Å²) in [5.41, 5.74) is 4.22. The minimum atomic E-state index is 0.0179. The van der Waals surface area contributed by atoms with Gasteiger partial charge in [-0.25, -0.2) is 4.68 Å². The van der Waals surface area contributed by atoms with Crippen LogP contribution in [0, 0.1) is 13.8 Å². The Morgan fingerprint density at radius 1 is 1.06 bits per heavy atom. The fraction of sp³-hybridized carbons (Fsp3) is 0.630. The Labute approximate surface area is 201 Å². The second-order valence-corrected chi connectivity index (χ2v) is 10.5. The molecule has 1 aromatic carbocycles. The van der Waals surface area contributed by atoms with Crippen LogP contribution in [-0.4, -0.2) is 36.1 Å². The molecule has 34 heavy (non-hydrogen) atoms. The number of aromatic nitrogens is 5. The zero-order valence-corrected chi connectivity index (χ0v) is 20.9. The molecule has 0 radical (unpaired) electrons. The number of aryl methyl sites for hydroxylation is 2. The molecule has 182 valence electrons. The number of rotatable bonds is 8. The van der Waals surface area contributed by atoms with E-state index in [9.17, 15) is 4.79 Å². The minimum absolute atomic E-state index is 0.0179. The Morgan fingerprint density at radius 3 is 2.50 bits per heavy atom. The summed E-state index contributed by atoms with van der Waals surface area (Å²) in [5.74, 6) is 0.990. The lowest BCUT2D eigenvalue weighted by atomic mass is 10.0. The first kappa shape index (κ1) is 23.2. The number of hydrogen-bond donors (Lipinski definition) is 1. The summed E-state index contributed by atoms with van der Waals surface area (Å²) in [6.07, 6.45) is 11.7. The molecule has 2 aliphatic carbocycles. The molecule has 0 unspecified atom stereocenters. The van der Waals surface area contributed by atoms with Crippen molar-refractivity contribution in [3.8, 4) is 0 Å². The van der Waals surface area contributed by atoms with Gasteiger partial charge in [-0.2, -0.15) is 0 Å². The smallest absolute Gasteiger partial charge is 0.252 e. The molecular weight excluding hydrogens is 424 g/mol. The van der Waals surface area contributed by atoms with Gasteiger partial charge in [0.15, 0.2) is 5.82 Å². The molecule has 2 aromatic heterocycles. The molecule has 2 heterocycles. The number of hydrogen-bond acceptors (Lipinski definition) is 5. The molecule has 7 heteroatoms. The first-order chi connectivity index (χ1) is 16.5. The highest BCUT2D eigenvalue weighted by atomic mass is 16.1. The Morgan fingerprint density at radius 2 is 1.76 bits per heavy atom. The van der Waals surface area contributed by atoms with Crippen molar-refractivity contribution in [1.82, 2.24) is 30.1 Å². The number of fused-ring (bicyclic) bond motifs is 1. The Balaban J connectivity index is 1.54. The second kappa shape index (κ2) is 9.98. The third-order valence-corrected chi connectivity index (χ3v) is 8.13. The Kier molecular flexibility index (Phi) is 6.82. The van der Waals surface area contributed by atoms with Crippen LogP contribution in [0.1, 0.15) is 106 Å². The van der Waals surface area contributed by atoms with E-state index in [4.69, 9.17) is 0 Å². The highest BCUT2D eigenvalue weighted by Gasteiger charge is 2.34. The lowest BCUT2D eigenvalue weighted by Gasteiger charge is -2.36. The van der Waals surface area contributed by atoms with E-state index in [1.165, 1.54) is 49.7 Å². The highest BCUT2D eigenvalue weighted by molar-refractivity contribution is 5.80. The maximum Gasteiger partial charge on any atom is 0.252 e. The van der Waals surface area contributed by atoms with Crippen molar-refractivity contribution in [2.45, 2.75) is 110 Å². The summed E-state index contributed by atoms with van der Waals surface area (Å²) in [6.45, 7) is 7.08. The number of nitrogens with zero attached hydrogens (tertiary/aromatic N) is 5. The van der Waals surface area contributed by atoms with Gasteiger partial charge < -0.3 is 4.98 Å². The molecule has 1 N–H and O–H groups in total. The topological polar surface area (TPSA) is 79.7 Å². The molecule has 0 bridgehead atoms. The summed E-state index contributed by atoms with van der Waals surface area (Å²) < 4.78 is 2.12. The van der Waals surface area contributed by atoms with Crippen molar-refractivity contribution in [3.63, 3.8) is 0 Å². The number of pyridine rings is 1. The van der Waals surface area contributed by atoms with Crippen LogP contribution in [0.4, 0.5) is 0 Å². The first-order valence-electron chi connectivity index (χ1n) is 13.2. The molecule has 0 saturated heterocycles. The van der Waals surface area contributed by atoms with Gasteiger partial charge in [-0.05, 0) is 91.1 Å². The van der Waals surface area contributed by atoms with Crippen molar-refractivity contribution in [3.05, 3.63) is 51.1 Å². The van der Waals surface area contributed by atoms with Crippen LogP contribution >= 0.6 is 0 Å². The molecule has 2 fully saturated rings. The van der Waals surface area contributed by atoms with Crippen LogP contribution in [0.3, 0.4) is 0 Å². The molecule has 7 nitrogen and oxygen atoms in total. The van der Waals surface area contributed by atoms with E-state index in [-0.39, 0.29) is 11.6 Å². The lowest BCUT2D eigenvalue weighted by molar-refractivity contribution is 0.106. The van der Waals surface area contributed by atoms with Crippen molar-refractivity contribution < 1.29 is 0 Å². The second-order valence-electron chi connectivity index (χ2n) is 10.5. The Bertz CT molecular complexity index is 1190. The monoisotopic (exact) mass is 462 g/mol. The lowest BCUT2D eigenvalue weighted by Crippen LogP contribution is -2.39. The van der Waals surface area contributed by atoms with E-state index in [2.05, 4.69) is 69.1 Å². The van der Waals surface area contributed by atoms with Gasteiger partial charge in [-0.3, -0.25) is 9.69 Å². The van der Waals surface area contributed by atoms with E-state index in [1.807, 2.05) is 0 Å². The predicted octanol–water partition coefficient (Wildman–Crippen LogP) is 5.53. The third kappa shape index (κ3) is 4.54. The molecule has 0 spiro atoms. The predicted molar refractivity (Wildman–Crippen MR) is 135 cm³/mol. The van der Waals surface area contributed by atoms with Gasteiger partial charge in [0.1, 0.15) is 0 Å². The van der Waals surface area contributed by atoms with E-state index in [1.54, 1.807) is 0 Å². The van der Waals surface area contributed by atoms with Gasteiger partial charge >= 0.3 is 0 Å².